The number of hydrogen-bond donors (Lipinski definition) is 1. The zero-order valence-electron chi connectivity index (χ0n) is 18.5. The number of rotatable bonds is 7. The van der Waals surface area contributed by atoms with Crippen LogP contribution in [-0.2, 0) is 0 Å². The third-order valence-electron chi connectivity index (χ3n) is 5.41. The zero-order valence-corrected chi connectivity index (χ0v) is 18.5. The summed E-state index contributed by atoms with van der Waals surface area (Å²) >= 11 is 0. The maximum Gasteiger partial charge on any atom is 0.336 e. The van der Waals surface area contributed by atoms with Crippen molar-refractivity contribution >= 4 is 34.5 Å². The molecule has 5 nitrogen and oxygen atoms in total. The molecule has 0 aliphatic heterocycles. The molecule has 4 aromatic rings. The van der Waals surface area contributed by atoms with Crippen LogP contribution in [0.1, 0.15) is 26.3 Å². The maximum atomic E-state index is 13.2. The Kier molecular flexibility index (Phi) is 6.22. The lowest BCUT2D eigenvalue weighted by Crippen LogP contribution is -2.14. The van der Waals surface area contributed by atoms with E-state index in [1.807, 2.05) is 86.9 Å². The van der Waals surface area contributed by atoms with Crippen molar-refractivity contribution in [1.29, 1.82) is 0 Å². The van der Waals surface area contributed by atoms with E-state index in [9.17, 15) is 14.7 Å². The Morgan fingerprint density at radius 2 is 1.09 bits per heavy atom. The van der Waals surface area contributed by atoms with Gasteiger partial charge in [-0.2, -0.15) is 0 Å². The highest BCUT2D eigenvalue weighted by Crippen LogP contribution is 2.34. The van der Waals surface area contributed by atoms with E-state index in [1.54, 1.807) is 29.2 Å². The van der Waals surface area contributed by atoms with Crippen LogP contribution in [0.3, 0.4) is 0 Å². The van der Waals surface area contributed by atoms with Gasteiger partial charge in [-0.25, -0.2) is 4.79 Å². The van der Waals surface area contributed by atoms with Gasteiger partial charge in [0.2, 0.25) is 0 Å². The molecule has 4 rings (SSSR count). The third kappa shape index (κ3) is 4.62. The van der Waals surface area contributed by atoms with Crippen LogP contribution in [0, 0.1) is 0 Å². The summed E-state index contributed by atoms with van der Waals surface area (Å²) in [6, 6.07) is 32.0. The molecule has 0 radical (unpaired) electrons. The first kappa shape index (κ1) is 21.8. The summed E-state index contributed by atoms with van der Waals surface area (Å²) < 4.78 is 0. The van der Waals surface area contributed by atoms with Crippen molar-refractivity contribution in [2.24, 2.45) is 0 Å². The summed E-state index contributed by atoms with van der Waals surface area (Å²) in [6.45, 7) is 0. The molecule has 0 heterocycles. The van der Waals surface area contributed by atoms with Crippen LogP contribution in [-0.4, -0.2) is 31.0 Å². The van der Waals surface area contributed by atoms with Gasteiger partial charge in [0.25, 0.3) is 0 Å². The second-order valence-corrected chi connectivity index (χ2v) is 7.81. The van der Waals surface area contributed by atoms with Gasteiger partial charge in [-0.1, -0.05) is 36.4 Å². The number of nitrogens with zero attached hydrogens (tertiary/aromatic N) is 2. The van der Waals surface area contributed by atoms with Gasteiger partial charge in [-0.3, -0.25) is 4.79 Å². The van der Waals surface area contributed by atoms with Crippen molar-refractivity contribution in [3.8, 4) is 0 Å². The molecule has 33 heavy (non-hydrogen) atoms. The molecule has 0 saturated carbocycles. The highest BCUT2D eigenvalue weighted by atomic mass is 16.4. The van der Waals surface area contributed by atoms with Gasteiger partial charge < -0.3 is 14.9 Å². The number of anilines is 4. The van der Waals surface area contributed by atoms with Gasteiger partial charge in [0, 0.05) is 48.0 Å². The van der Waals surface area contributed by atoms with Gasteiger partial charge in [0.05, 0.1) is 5.56 Å². The predicted octanol–water partition coefficient (Wildman–Crippen LogP) is 6.15. The molecule has 0 atom stereocenters. The summed E-state index contributed by atoms with van der Waals surface area (Å²) in [5.41, 5.74) is 4.20. The number of carboxylic acids is 1. The fraction of sp³-hybridized carbons (Fsp3) is 0.0714. The first-order chi connectivity index (χ1) is 16.0. The summed E-state index contributed by atoms with van der Waals surface area (Å²) in [5.74, 6) is -1.45. The van der Waals surface area contributed by atoms with E-state index in [0.717, 1.165) is 22.7 Å². The molecule has 0 fully saturated rings. The van der Waals surface area contributed by atoms with Crippen LogP contribution in [0.4, 0.5) is 22.7 Å². The van der Waals surface area contributed by atoms with Gasteiger partial charge >= 0.3 is 5.97 Å². The van der Waals surface area contributed by atoms with Gasteiger partial charge in [0.15, 0.2) is 5.78 Å². The molecule has 0 saturated heterocycles. The molecule has 0 aromatic heterocycles. The van der Waals surface area contributed by atoms with Crippen LogP contribution in [0.5, 0.6) is 0 Å². The average molecular weight is 437 g/mol. The van der Waals surface area contributed by atoms with E-state index in [0.29, 0.717) is 5.56 Å². The van der Waals surface area contributed by atoms with Crippen LogP contribution in [0.25, 0.3) is 0 Å². The lowest BCUT2D eigenvalue weighted by molar-refractivity contribution is 0.0693. The molecule has 5 heteroatoms. The molecular weight excluding hydrogens is 412 g/mol. The number of carboxylic acid groups (broad SMARTS) is 1. The fourth-order valence-corrected chi connectivity index (χ4v) is 3.70. The van der Waals surface area contributed by atoms with E-state index in [1.165, 1.54) is 6.07 Å². The van der Waals surface area contributed by atoms with Crippen molar-refractivity contribution < 1.29 is 14.7 Å². The summed E-state index contributed by atoms with van der Waals surface area (Å²) in [4.78, 5) is 28.9. The Hall–Kier alpha value is -4.38. The average Bonchev–Trinajstić information content (AvgIpc) is 2.85. The number of ketones is 1. The largest absolute Gasteiger partial charge is 0.478 e. The van der Waals surface area contributed by atoms with Crippen LogP contribution < -0.4 is 9.80 Å². The van der Waals surface area contributed by atoms with Crippen molar-refractivity contribution in [3.05, 3.63) is 120 Å². The second-order valence-electron chi connectivity index (χ2n) is 7.81. The maximum absolute atomic E-state index is 13.2. The first-order valence-corrected chi connectivity index (χ1v) is 10.6. The van der Waals surface area contributed by atoms with Crippen molar-refractivity contribution in [3.63, 3.8) is 0 Å². The monoisotopic (exact) mass is 436 g/mol. The highest BCUT2D eigenvalue weighted by molar-refractivity contribution is 6.14. The number of carbonyl (C=O) groups excluding carboxylic acids is 1. The zero-order chi connectivity index (χ0) is 23.4. The van der Waals surface area contributed by atoms with Gasteiger partial charge in [-0.05, 0) is 66.7 Å². The SMILES string of the molecule is CN(C)c1ccc(C(=O)c2ccc(N(c3ccccc3)c3ccccc3)cc2)c(C(=O)O)c1. The minimum Gasteiger partial charge on any atom is -0.478 e. The summed E-state index contributed by atoms with van der Waals surface area (Å²) in [6.07, 6.45) is 0. The van der Waals surface area contributed by atoms with Crippen molar-refractivity contribution in [2.45, 2.75) is 0 Å². The molecule has 0 unspecified atom stereocenters. The quantitative estimate of drug-likeness (QED) is 0.352. The first-order valence-electron chi connectivity index (χ1n) is 10.6. The number of aromatic carboxylic acids is 1. The molecule has 4 aromatic carbocycles. The van der Waals surface area contributed by atoms with Crippen LogP contribution >= 0.6 is 0 Å². The van der Waals surface area contributed by atoms with E-state index in [-0.39, 0.29) is 16.9 Å². The lowest BCUT2D eigenvalue weighted by atomic mass is 9.97. The van der Waals surface area contributed by atoms with E-state index >= 15 is 0 Å². The Bertz CT molecular complexity index is 1230. The number of carbonyl (C=O) groups is 2. The fourth-order valence-electron chi connectivity index (χ4n) is 3.70. The van der Waals surface area contributed by atoms with E-state index < -0.39 is 5.97 Å². The normalized spacial score (nSPS) is 10.5. The molecule has 0 bridgehead atoms. The molecular formula is C28H24N2O3. The Morgan fingerprint density at radius 3 is 1.58 bits per heavy atom. The molecule has 0 aliphatic rings. The topological polar surface area (TPSA) is 60.9 Å². The van der Waals surface area contributed by atoms with Crippen molar-refractivity contribution in [2.75, 3.05) is 23.9 Å². The number of hydrogen-bond acceptors (Lipinski definition) is 4. The molecule has 1 N–H and O–H groups in total. The standard InChI is InChI=1S/C28H24N2O3/c1-29(2)24-17-18-25(26(19-24)28(32)33)27(31)20-13-15-23(16-14-20)30(21-9-5-3-6-10-21)22-11-7-4-8-12-22/h3-19H,1-2H3,(H,32,33). The minimum absolute atomic E-state index is 0.00882. The number of para-hydroxylation sites is 2. The summed E-state index contributed by atoms with van der Waals surface area (Å²) in [5, 5.41) is 9.66. The second kappa shape index (κ2) is 9.40. The molecule has 164 valence electrons. The third-order valence-corrected chi connectivity index (χ3v) is 5.41. The molecule has 0 amide bonds. The van der Waals surface area contributed by atoms with Crippen molar-refractivity contribution in [1.82, 2.24) is 0 Å². The van der Waals surface area contributed by atoms with Gasteiger partial charge in [0.1, 0.15) is 0 Å². The lowest BCUT2D eigenvalue weighted by Gasteiger charge is -2.25. The van der Waals surface area contributed by atoms with Crippen LogP contribution in [0.15, 0.2) is 103 Å². The molecule has 0 spiro atoms. The van der Waals surface area contributed by atoms with E-state index in [2.05, 4.69) is 4.90 Å². The smallest absolute Gasteiger partial charge is 0.336 e. The summed E-state index contributed by atoms with van der Waals surface area (Å²) in [7, 11) is 3.65. The Morgan fingerprint density at radius 1 is 0.606 bits per heavy atom. The number of benzene rings is 4. The highest BCUT2D eigenvalue weighted by Gasteiger charge is 2.20. The van der Waals surface area contributed by atoms with Gasteiger partial charge in [-0.15, -0.1) is 0 Å². The van der Waals surface area contributed by atoms with E-state index in [4.69, 9.17) is 0 Å². The molecule has 0 aliphatic carbocycles. The minimum atomic E-state index is -1.13. The predicted molar refractivity (Wildman–Crippen MR) is 132 cm³/mol. The Labute approximate surface area is 193 Å². The van der Waals surface area contributed by atoms with Crippen LogP contribution in [0.2, 0.25) is 0 Å². The Balaban J connectivity index is 1.71.